The number of hydrogen-bond donors (Lipinski definition) is 3. The lowest BCUT2D eigenvalue weighted by Crippen LogP contribution is -1.99. The molecule has 0 amide bonds. The van der Waals surface area contributed by atoms with Gasteiger partial charge < -0.3 is 15.5 Å². The maximum Gasteiger partial charge on any atom is 0.227 e. The van der Waals surface area contributed by atoms with E-state index in [1.54, 1.807) is 36.6 Å². The van der Waals surface area contributed by atoms with Crippen molar-refractivity contribution in [2.75, 3.05) is 5.32 Å². The quantitative estimate of drug-likeness (QED) is 0.367. The summed E-state index contributed by atoms with van der Waals surface area (Å²) in [4.78, 5) is 11.1. The highest BCUT2D eigenvalue weighted by atomic mass is 32.1. The van der Waals surface area contributed by atoms with Crippen LogP contribution in [0.25, 0.3) is 22.7 Å². The molecule has 4 aromatic rings. The number of aliphatic hydroxyl groups excluding tert-OH is 1. The average Bonchev–Trinajstić information content (AvgIpc) is 3.22. The molecule has 2 aromatic carbocycles. The van der Waals surface area contributed by atoms with Gasteiger partial charge in [-0.1, -0.05) is 30.3 Å². The van der Waals surface area contributed by atoms with Crippen LogP contribution in [0.15, 0.2) is 72.9 Å². The third-order valence-corrected chi connectivity index (χ3v) is 5.54. The third kappa shape index (κ3) is 4.92. The number of thiophene rings is 1. The molecule has 0 radical (unpaired) electrons. The number of anilines is 2. The molecule has 0 fully saturated rings. The van der Waals surface area contributed by atoms with Crippen LogP contribution in [0.3, 0.4) is 0 Å². The minimum absolute atomic E-state index is 0.254. The fourth-order valence-electron chi connectivity index (χ4n) is 2.95. The van der Waals surface area contributed by atoms with Gasteiger partial charge in [0.2, 0.25) is 5.95 Å². The van der Waals surface area contributed by atoms with E-state index in [0.29, 0.717) is 5.95 Å². The minimum Gasteiger partial charge on any atom is -0.508 e. The number of hydrogen-bond acceptors (Lipinski definition) is 6. The molecule has 0 spiro atoms. The number of nitrogens with one attached hydrogen (secondary N) is 1. The highest BCUT2D eigenvalue weighted by Gasteiger charge is 2.07. The number of phenols is 1. The van der Waals surface area contributed by atoms with Gasteiger partial charge in [0, 0.05) is 16.8 Å². The van der Waals surface area contributed by atoms with Crippen molar-refractivity contribution in [1.82, 2.24) is 9.97 Å². The van der Waals surface area contributed by atoms with Crippen LogP contribution < -0.4 is 5.32 Å². The smallest absolute Gasteiger partial charge is 0.227 e. The number of benzene rings is 2. The Kier molecular flexibility index (Phi) is 5.88. The molecule has 2 aromatic heterocycles. The summed E-state index contributed by atoms with van der Waals surface area (Å²) in [6.45, 7) is 1.74. The van der Waals surface area contributed by atoms with Gasteiger partial charge in [-0.15, -0.1) is 11.3 Å². The van der Waals surface area contributed by atoms with E-state index in [9.17, 15) is 10.2 Å². The Balaban J connectivity index is 1.51. The topological polar surface area (TPSA) is 78.3 Å². The zero-order chi connectivity index (χ0) is 20.9. The van der Waals surface area contributed by atoms with Crippen molar-refractivity contribution in [2.24, 2.45) is 0 Å². The molecule has 6 heteroatoms. The first-order valence-electron chi connectivity index (χ1n) is 9.52. The highest BCUT2D eigenvalue weighted by molar-refractivity contribution is 7.16. The monoisotopic (exact) mass is 415 g/mol. The normalized spacial score (nSPS) is 12.2. The Bertz CT molecular complexity index is 1180. The van der Waals surface area contributed by atoms with E-state index in [4.69, 9.17) is 0 Å². The second-order valence-electron chi connectivity index (χ2n) is 6.82. The molecule has 30 heavy (non-hydrogen) atoms. The molecule has 1 unspecified atom stereocenters. The van der Waals surface area contributed by atoms with Crippen LogP contribution >= 0.6 is 11.3 Å². The Morgan fingerprint density at radius 1 is 1.00 bits per heavy atom. The molecular weight excluding hydrogens is 394 g/mol. The summed E-state index contributed by atoms with van der Waals surface area (Å²) in [5.74, 6) is 0.754. The number of aliphatic hydroxyl groups is 1. The molecular formula is C24H21N3O2S. The molecule has 150 valence electrons. The third-order valence-electron chi connectivity index (χ3n) is 4.47. The first-order valence-corrected chi connectivity index (χ1v) is 10.3. The van der Waals surface area contributed by atoms with E-state index in [1.165, 1.54) is 0 Å². The molecule has 4 rings (SSSR count). The van der Waals surface area contributed by atoms with Crippen LogP contribution in [0.2, 0.25) is 0 Å². The van der Waals surface area contributed by atoms with Crippen LogP contribution in [0, 0.1) is 0 Å². The Hall–Kier alpha value is -3.48. The zero-order valence-electron chi connectivity index (χ0n) is 16.4. The molecule has 1 atom stereocenters. The van der Waals surface area contributed by atoms with Gasteiger partial charge in [0.1, 0.15) is 5.75 Å². The molecule has 0 saturated carbocycles. The molecule has 0 saturated heterocycles. The summed E-state index contributed by atoms with van der Waals surface area (Å²) in [5, 5.41) is 22.5. The largest absolute Gasteiger partial charge is 0.508 e. The fourth-order valence-corrected chi connectivity index (χ4v) is 3.83. The molecule has 0 aliphatic rings. The fraction of sp³-hybridized carbons (Fsp3) is 0.0833. The van der Waals surface area contributed by atoms with Crippen molar-refractivity contribution in [2.45, 2.75) is 13.0 Å². The summed E-state index contributed by atoms with van der Waals surface area (Å²) in [6.07, 6.45) is 5.18. The maximum absolute atomic E-state index is 9.76. The van der Waals surface area contributed by atoms with Gasteiger partial charge in [0.25, 0.3) is 0 Å². The maximum atomic E-state index is 9.76. The summed E-state index contributed by atoms with van der Waals surface area (Å²) in [7, 11) is 0. The Labute approximate surface area is 179 Å². The average molecular weight is 416 g/mol. The van der Waals surface area contributed by atoms with Crippen molar-refractivity contribution in [3.8, 4) is 16.3 Å². The molecule has 0 aliphatic heterocycles. The molecule has 2 heterocycles. The van der Waals surface area contributed by atoms with Gasteiger partial charge in [0.15, 0.2) is 0 Å². The van der Waals surface area contributed by atoms with E-state index in [1.807, 2.05) is 66.7 Å². The minimum atomic E-state index is -0.531. The predicted octanol–water partition coefficient (Wildman–Crippen LogP) is 5.88. The first kappa shape index (κ1) is 19.8. The second-order valence-corrected chi connectivity index (χ2v) is 7.94. The van der Waals surface area contributed by atoms with Gasteiger partial charge in [0.05, 0.1) is 16.7 Å². The van der Waals surface area contributed by atoms with Crippen LogP contribution in [0.5, 0.6) is 5.75 Å². The molecule has 3 N–H and O–H groups in total. The lowest BCUT2D eigenvalue weighted by atomic mass is 10.1. The number of aromatic nitrogens is 2. The molecule has 0 aliphatic carbocycles. The van der Waals surface area contributed by atoms with Crippen molar-refractivity contribution in [3.63, 3.8) is 0 Å². The van der Waals surface area contributed by atoms with Crippen LogP contribution in [0.1, 0.15) is 29.0 Å². The summed E-state index contributed by atoms with van der Waals surface area (Å²) >= 11 is 1.63. The van der Waals surface area contributed by atoms with Crippen LogP contribution in [-0.2, 0) is 0 Å². The van der Waals surface area contributed by atoms with Gasteiger partial charge >= 0.3 is 0 Å². The number of aromatic hydroxyl groups is 1. The number of nitrogens with zero attached hydrogens (tertiary/aromatic N) is 2. The number of phenolic OH excluding ortho intramolecular Hbond substituents is 1. The van der Waals surface area contributed by atoms with E-state index in [0.717, 1.165) is 32.3 Å². The van der Waals surface area contributed by atoms with Crippen molar-refractivity contribution in [3.05, 3.63) is 88.9 Å². The van der Waals surface area contributed by atoms with Crippen molar-refractivity contribution < 1.29 is 10.2 Å². The molecule has 5 nitrogen and oxygen atoms in total. The van der Waals surface area contributed by atoms with E-state index in [2.05, 4.69) is 15.3 Å². The predicted molar refractivity (Wildman–Crippen MR) is 123 cm³/mol. The highest BCUT2D eigenvalue weighted by Crippen LogP contribution is 2.29. The lowest BCUT2D eigenvalue weighted by molar-refractivity contribution is 0.199. The van der Waals surface area contributed by atoms with Gasteiger partial charge in [-0.3, -0.25) is 0 Å². The van der Waals surface area contributed by atoms with Crippen molar-refractivity contribution in [1.29, 1.82) is 0 Å². The van der Waals surface area contributed by atoms with E-state index < -0.39 is 6.10 Å². The SMILES string of the molecule is CC(O)c1cccc(Nc2nccc(-c3ccc(/C=C/c4cccc(O)c4)s3)n2)c1. The Morgan fingerprint density at radius 3 is 2.70 bits per heavy atom. The molecule has 0 bridgehead atoms. The standard InChI is InChI=1S/C24H21N3O2S/c1-16(28)18-5-3-6-19(15-18)26-24-25-13-12-22(27-24)23-11-10-21(30-23)9-8-17-4-2-7-20(29)14-17/h2-16,28-29H,1H3,(H,25,26,27)/b9-8+. The summed E-state index contributed by atoms with van der Waals surface area (Å²) in [6, 6.07) is 20.7. The van der Waals surface area contributed by atoms with Gasteiger partial charge in [-0.2, -0.15) is 0 Å². The van der Waals surface area contributed by atoms with Crippen molar-refractivity contribution >= 4 is 35.1 Å². The van der Waals surface area contributed by atoms with E-state index in [-0.39, 0.29) is 5.75 Å². The Morgan fingerprint density at radius 2 is 1.87 bits per heavy atom. The lowest BCUT2D eigenvalue weighted by Gasteiger charge is -2.09. The first-order chi connectivity index (χ1) is 14.6. The summed E-state index contributed by atoms with van der Waals surface area (Å²) in [5.41, 5.74) is 3.43. The van der Waals surface area contributed by atoms with Gasteiger partial charge in [-0.25, -0.2) is 9.97 Å². The zero-order valence-corrected chi connectivity index (χ0v) is 17.2. The van der Waals surface area contributed by atoms with Gasteiger partial charge in [-0.05, 0) is 66.6 Å². The van der Waals surface area contributed by atoms with Crippen LogP contribution in [0.4, 0.5) is 11.6 Å². The second kappa shape index (κ2) is 8.90. The van der Waals surface area contributed by atoms with E-state index >= 15 is 0 Å². The van der Waals surface area contributed by atoms with Crippen LogP contribution in [-0.4, -0.2) is 20.2 Å². The summed E-state index contributed by atoms with van der Waals surface area (Å²) < 4.78 is 0. The number of rotatable bonds is 6.